The predicted octanol–water partition coefficient (Wildman–Crippen LogP) is 0.948. The molecule has 1 fully saturated rings. The van der Waals surface area contributed by atoms with E-state index in [2.05, 4.69) is 10.3 Å². The molecule has 0 saturated heterocycles. The van der Waals surface area contributed by atoms with Gasteiger partial charge in [-0.15, -0.1) is 0 Å². The summed E-state index contributed by atoms with van der Waals surface area (Å²) in [5.41, 5.74) is 1.07. The van der Waals surface area contributed by atoms with E-state index in [0.29, 0.717) is 6.54 Å². The van der Waals surface area contributed by atoms with Crippen LogP contribution in [0.1, 0.15) is 31.2 Å². The van der Waals surface area contributed by atoms with Gasteiger partial charge in [-0.05, 0) is 31.5 Å². The molecule has 0 spiro atoms. The summed E-state index contributed by atoms with van der Waals surface area (Å²) >= 11 is 0. The Balaban J connectivity index is 1.83. The lowest BCUT2D eigenvalue weighted by molar-refractivity contribution is -0.124. The van der Waals surface area contributed by atoms with Crippen molar-refractivity contribution in [3.05, 3.63) is 30.1 Å². The first-order valence-corrected chi connectivity index (χ1v) is 8.18. The summed E-state index contributed by atoms with van der Waals surface area (Å²) in [5.74, 6) is -0.0720. The molecule has 3 atom stereocenters. The molecular weight excluding hydrogens is 294 g/mol. The van der Waals surface area contributed by atoms with Crippen molar-refractivity contribution in [2.24, 2.45) is 0 Å². The smallest absolute Gasteiger partial charge is 0.234 e. The molecule has 6 heteroatoms. The molecule has 0 unspecified atom stereocenters. The van der Waals surface area contributed by atoms with E-state index in [4.69, 9.17) is 4.74 Å². The van der Waals surface area contributed by atoms with Gasteiger partial charge in [-0.25, -0.2) is 0 Å². The van der Waals surface area contributed by atoms with E-state index in [1.807, 2.05) is 24.1 Å². The monoisotopic (exact) mass is 321 g/mol. The van der Waals surface area contributed by atoms with Crippen LogP contribution in [0.25, 0.3) is 0 Å². The maximum absolute atomic E-state index is 12.2. The molecule has 23 heavy (non-hydrogen) atoms. The summed E-state index contributed by atoms with van der Waals surface area (Å²) in [7, 11) is 3.51. The Morgan fingerprint density at radius 2 is 2.26 bits per heavy atom. The van der Waals surface area contributed by atoms with Crippen LogP contribution in [-0.4, -0.2) is 59.8 Å². The molecule has 128 valence electrons. The quantitative estimate of drug-likeness (QED) is 0.763. The minimum absolute atomic E-state index is 0.0720. The number of hydrogen-bond acceptors (Lipinski definition) is 5. The molecular formula is C17H27N3O3. The molecule has 6 nitrogen and oxygen atoms in total. The SMILES string of the molecule is CO[C@@H]1CCCC[C@@H](NC(=O)CN(C)Cc2cccnc2)[C@H]1O. The number of carbonyl (C=O) groups excluding carboxylic acids is 1. The number of rotatable bonds is 6. The van der Waals surface area contributed by atoms with Crippen LogP contribution in [0.5, 0.6) is 0 Å². The van der Waals surface area contributed by atoms with Crippen LogP contribution < -0.4 is 5.32 Å². The number of pyridine rings is 1. The first-order chi connectivity index (χ1) is 11.1. The number of carbonyl (C=O) groups is 1. The van der Waals surface area contributed by atoms with Crippen molar-refractivity contribution in [1.29, 1.82) is 0 Å². The number of hydrogen-bond donors (Lipinski definition) is 2. The Bertz CT molecular complexity index is 483. The van der Waals surface area contributed by atoms with Gasteiger partial charge < -0.3 is 15.2 Å². The molecule has 1 saturated carbocycles. The summed E-state index contributed by atoms with van der Waals surface area (Å²) in [5, 5.41) is 13.3. The van der Waals surface area contributed by atoms with Gasteiger partial charge in [0.1, 0.15) is 6.10 Å². The predicted molar refractivity (Wildman–Crippen MR) is 87.8 cm³/mol. The zero-order valence-electron chi connectivity index (χ0n) is 13.9. The molecule has 1 aliphatic carbocycles. The second-order valence-electron chi connectivity index (χ2n) is 6.26. The molecule has 1 amide bonds. The minimum atomic E-state index is -0.643. The third-order valence-electron chi connectivity index (χ3n) is 4.28. The second-order valence-corrected chi connectivity index (χ2v) is 6.26. The lowest BCUT2D eigenvalue weighted by atomic mass is 10.0. The van der Waals surface area contributed by atoms with E-state index in [9.17, 15) is 9.90 Å². The Kier molecular flexibility index (Phi) is 6.95. The summed E-state index contributed by atoms with van der Waals surface area (Å²) in [4.78, 5) is 18.3. The van der Waals surface area contributed by atoms with Crippen LogP contribution in [0.3, 0.4) is 0 Å². The highest BCUT2D eigenvalue weighted by Crippen LogP contribution is 2.20. The molecule has 2 N–H and O–H groups in total. The van der Waals surface area contributed by atoms with E-state index in [-0.39, 0.29) is 24.6 Å². The highest BCUT2D eigenvalue weighted by Gasteiger charge is 2.31. The van der Waals surface area contributed by atoms with Crippen molar-refractivity contribution in [1.82, 2.24) is 15.2 Å². The van der Waals surface area contributed by atoms with Gasteiger partial charge in [0, 0.05) is 26.0 Å². The van der Waals surface area contributed by atoms with Crippen LogP contribution in [0.2, 0.25) is 0 Å². The van der Waals surface area contributed by atoms with Crippen LogP contribution in [-0.2, 0) is 16.1 Å². The average Bonchev–Trinajstić information content (AvgIpc) is 2.70. The number of nitrogens with zero attached hydrogens (tertiary/aromatic N) is 2. The van der Waals surface area contributed by atoms with Gasteiger partial charge in [-0.2, -0.15) is 0 Å². The second kappa shape index (κ2) is 8.96. The fraction of sp³-hybridized carbons (Fsp3) is 0.647. The van der Waals surface area contributed by atoms with E-state index in [1.54, 1.807) is 19.5 Å². The lowest BCUT2D eigenvalue weighted by Crippen LogP contribution is -2.50. The number of amides is 1. The van der Waals surface area contributed by atoms with Gasteiger partial charge in [0.25, 0.3) is 0 Å². The van der Waals surface area contributed by atoms with E-state index < -0.39 is 6.10 Å². The zero-order chi connectivity index (χ0) is 16.7. The lowest BCUT2D eigenvalue weighted by Gasteiger charge is -2.27. The Morgan fingerprint density at radius 3 is 2.96 bits per heavy atom. The number of aliphatic hydroxyl groups is 1. The molecule has 0 aromatic carbocycles. The average molecular weight is 321 g/mol. The largest absolute Gasteiger partial charge is 0.388 e. The highest BCUT2D eigenvalue weighted by atomic mass is 16.5. The molecule has 1 aliphatic rings. The van der Waals surface area contributed by atoms with Crippen molar-refractivity contribution >= 4 is 5.91 Å². The molecule has 1 aromatic rings. The van der Waals surface area contributed by atoms with Gasteiger partial charge in [0.05, 0.1) is 18.7 Å². The third-order valence-corrected chi connectivity index (χ3v) is 4.28. The first-order valence-electron chi connectivity index (χ1n) is 8.18. The third kappa shape index (κ3) is 5.57. The van der Waals surface area contributed by atoms with Crippen molar-refractivity contribution < 1.29 is 14.6 Å². The zero-order valence-corrected chi connectivity index (χ0v) is 13.9. The van der Waals surface area contributed by atoms with E-state index in [0.717, 1.165) is 31.2 Å². The fourth-order valence-corrected chi connectivity index (χ4v) is 3.08. The number of likely N-dealkylation sites (N-methyl/N-ethyl adjacent to an activating group) is 1. The highest BCUT2D eigenvalue weighted by molar-refractivity contribution is 5.78. The molecule has 0 radical (unpaired) electrons. The van der Waals surface area contributed by atoms with Crippen LogP contribution in [0.4, 0.5) is 0 Å². The Morgan fingerprint density at radius 1 is 1.48 bits per heavy atom. The van der Waals surface area contributed by atoms with Crippen molar-refractivity contribution in [3.63, 3.8) is 0 Å². The normalized spacial score (nSPS) is 25.1. The number of aliphatic hydroxyl groups excluding tert-OH is 1. The standard InChI is InChI=1S/C17H27N3O3/c1-20(11-13-6-5-9-18-10-13)12-16(21)19-14-7-3-4-8-15(23-2)17(14)22/h5-6,9-10,14-15,17,22H,3-4,7-8,11-12H2,1-2H3,(H,19,21)/t14-,15-,17-/m1/s1. The van der Waals surface area contributed by atoms with E-state index >= 15 is 0 Å². The topological polar surface area (TPSA) is 74.7 Å². The summed E-state index contributed by atoms with van der Waals surface area (Å²) in [6, 6.07) is 3.64. The summed E-state index contributed by atoms with van der Waals surface area (Å²) in [6.07, 6.45) is 6.33. The summed E-state index contributed by atoms with van der Waals surface area (Å²) in [6.45, 7) is 0.949. The number of methoxy groups -OCH3 is 1. The maximum atomic E-state index is 12.2. The number of aromatic nitrogens is 1. The Labute approximate surface area is 137 Å². The molecule has 0 bridgehead atoms. The van der Waals surface area contributed by atoms with Crippen molar-refractivity contribution in [2.45, 2.75) is 50.5 Å². The molecule has 1 heterocycles. The van der Waals surface area contributed by atoms with Gasteiger partial charge in [-0.3, -0.25) is 14.7 Å². The molecule has 0 aliphatic heterocycles. The Hall–Kier alpha value is -1.50. The van der Waals surface area contributed by atoms with Crippen LogP contribution in [0, 0.1) is 0 Å². The fourth-order valence-electron chi connectivity index (χ4n) is 3.08. The van der Waals surface area contributed by atoms with Gasteiger partial charge in [0.2, 0.25) is 5.91 Å². The molecule has 2 rings (SSSR count). The van der Waals surface area contributed by atoms with E-state index in [1.165, 1.54) is 0 Å². The number of nitrogens with one attached hydrogen (secondary N) is 1. The van der Waals surface area contributed by atoms with Gasteiger partial charge >= 0.3 is 0 Å². The molecule has 1 aromatic heterocycles. The minimum Gasteiger partial charge on any atom is -0.388 e. The number of ether oxygens (including phenoxy) is 1. The van der Waals surface area contributed by atoms with Crippen molar-refractivity contribution in [2.75, 3.05) is 20.7 Å². The van der Waals surface area contributed by atoms with Crippen LogP contribution in [0.15, 0.2) is 24.5 Å². The van der Waals surface area contributed by atoms with Gasteiger partial charge in [0.15, 0.2) is 0 Å². The maximum Gasteiger partial charge on any atom is 0.234 e. The van der Waals surface area contributed by atoms with Gasteiger partial charge in [-0.1, -0.05) is 18.9 Å². The van der Waals surface area contributed by atoms with Crippen molar-refractivity contribution in [3.8, 4) is 0 Å². The van der Waals surface area contributed by atoms with Crippen LogP contribution >= 0.6 is 0 Å². The summed E-state index contributed by atoms with van der Waals surface area (Å²) < 4.78 is 5.34. The first kappa shape index (κ1) is 17.8.